The summed E-state index contributed by atoms with van der Waals surface area (Å²) in [5.74, 6) is 0. The van der Waals surface area contributed by atoms with E-state index in [0.29, 0.717) is 17.9 Å². The summed E-state index contributed by atoms with van der Waals surface area (Å²) in [6.45, 7) is 6.50. The van der Waals surface area contributed by atoms with Gasteiger partial charge in [0.1, 0.15) is 0 Å². The van der Waals surface area contributed by atoms with Gasteiger partial charge in [0, 0.05) is 13.1 Å². The van der Waals surface area contributed by atoms with Gasteiger partial charge in [0.05, 0.1) is 11.0 Å². The maximum atomic E-state index is 12.5. The maximum absolute atomic E-state index is 12.5. The van der Waals surface area contributed by atoms with Gasteiger partial charge in [0.2, 0.25) is 10.0 Å². The molecule has 1 aromatic rings. The van der Waals surface area contributed by atoms with E-state index in [1.807, 2.05) is 20.8 Å². The number of piperidine rings is 1. The van der Waals surface area contributed by atoms with Crippen LogP contribution in [-0.4, -0.2) is 37.0 Å². The quantitative estimate of drug-likeness (QED) is 0.900. The number of nitrogens with zero attached hydrogens (tertiary/aromatic N) is 1. The smallest absolute Gasteiger partial charge is 0.243 e. The molecule has 1 unspecified atom stereocenters. The molecule has 1 fully saturated rings. The van der Waals surface area contributed by atoms with E-state index in [9.17, 15) is 13.5 Å². The molecule has 0 radical (unpaired) electrons. The molecule has 1 aliphatic heterocycles. The van der Waals surface area contributed by atoms with Gasteiger partial charge >= 0.3 is 0 Å². The Kier molecular flexibility index (Phi) is 3.73. The van der Waals surface area contributed by atoms with E-state index in [0.717, 1.165) is 5.56 Å². The van der Waals surface area contributed by atoms with Crippen LogP contribution in [-0.2, 0) is 10.0 Å². The zero-order chi connectivity index (χ0) is 14.3. The van der Waals surface area contributed by atoms with E-state index in [-0.39, 0.29) is 12.0 Å². The Morgan fingerprint density at radius 3 is 2.37 bits per heavy atom. The van der Waals surface area contributed by atoms with Crippen molar-refractivity contribution in [3.63, 3.8) is 0 Å². The number of hydrogen-bond donors (Lipinski definition) is 1. The van der Waals surface area contributed by atoms with Gasteiger partial charge in [0.15, 0.2) is 0 Å². The summed E-state index contributed by atoms with van der Waals surface area (Å²) in [5.41, 5.74) is 0.827. The van der Waals surface area contributed by atoms with E-state index in [1.165, 1.54) is 4.31 Å². The number of β-amino-alcohol motifs (C(OH)–C–C–N with tert-alkyl or cyclic N) is 1. The summed E-state index contributed by atoms with van der Waals surface area (Å²) in [6.07, 6.45) is 0.0383. The highest BCUT2D eigenvalue weighted by Crippen LogP contribution is 2.32. The van der Waals surface area contributed by atoms with Gasteiger partial charge in [-0.3, -0.25) is 0 Å². The van der Waals surface area contributed by atoms with Crippen molar-refractivity contribution in [1.29, 1.82) is 0 Å². The summed E-state index contributed by atoms with van der Waals surface area (Å²) < 4.78 is 26.5. The molecule has 4 nitrogen and oxygen atoms in total. The van der Waals surface area contributed by atoms with E-state index < -0.39 is 16.1 Å². The molecule has 0 aromatic heterocycles. The molecule has 1 N–H and O–H groups in total. The lowest BCUT2D eigenvalue weighted by atomic mass is 9.84. The average Bonchev–Trinajstić information content (AvgIpc) is 2.26. The SMILES string of the molecule is Cc1ccc(S(=O)(=O)N2CC(O)CC(C)(C)C2)cc1. The highest BCUT2D eigenvalue weighted by molar-refractivity contribution is 7.89. The van der Waals surface area contributed by atoms with E-state index in [4.69, 9.17) is 0 Å². The molecule has 1 aliphatic rings. The molecule has 5 heteroatoms. The number of hydrogen-bond acceptors (Lipinski definition) is 3. The van der Waals surface area contributed by atoms with Gasteiger partial charge < -0.3 is 5.11 Å². The van der Waals surface area contributed by atoms with E-state index in [1.54, 1.807) is 24.3 Å². The Morgan fingerprint density at radius 2 is 1.84 bits per heavy atom. The van der Waals surface area contributed by atoms with Crippen LogP contribution in [0, 0.1) is 12.3 Å². The standard InChI is InChI=1S/C14H21NO3S/c1-11-4-6-13(7-5-11)19(17,18)15-9-12(16)8-14(2,3)10-15/h4-7,12,16H,8-10H2,1-3H3. The summed E-state index contributed by atoms with van der Waals surface area (Å²) in [6, 6.07) is 6.83. The minimum Gasteiger partial charge on any atom is -0.392 e. The summed E-state index contributed by atoms with van der Waals surface area (Å²) in [7, 11) is -3.51. The third-order valence-corrected chi connectivity index (χ3v) is 5.29. The van der Waals surface area contributed by atoms with Gasteiger partial charge in [-0.25, -0.2) is 8.42 Å². The molecular weight excluding hydrogens is 262 g/mol. The second-order valence-corrected chi connectivity index (χ2v) is 8.07. The fourth-order valence-electron chi connectivity index (χ4n) is 2.59. The van der Waals surface area contributed by atoms with Crippen molar-refractivity contribution in [2.45, 2.75) is 38.2 Å². The van der Waals surface area contributed by atoms with E-state index >= 15 is 0 Å². The van der Waals surface area contributed by atoms with Crippen LogP contribution in [0.1, 0.15) is 25.8 Å². The van der Waals surface area contributed by atoms with Crippen LogP contribution in [0.3, 0.4) is 0 Å². The first kappa shape index (κ1) is 14.5. The van der Waals surface area contributed by atoms with Crippen molar-refractivity contribution in [1.82, 2.24) is 4.31 Å². The van der Waals surface area contributed by atoms with Gasteiger partial charge in [-0.05, 0) is 30.9 Å². The maximum Gasteiger partial charge on any atom is 0.243 e. The van der Waals surface area contributed by atoms with Crippen LogP contribution in [0.25, 0.3) is 0 Å². The third-order valence-electron chi connectivity index (χ3n) is 3.47. The molecule has 106 valence electrons. The second kappa shape index (κ2) is 4.89. The first-order chi connectivity index (χ1) is 8.71. The normalized spacial score (nSPS) is 24.3. The minimum atomic E-state index is -3.51. The lowest BCUT2D eigenvalue weighted by Gasteiger charge is -2.39. The lowest BCUT2D eigenvalue weighted by Crippen LogP contribution is -2.49. The topological polar surface area (TPSA) is 57.6 Å². The Balaban J connectivity index is 2.31. The zero-order valence-electron chi connectivity index (χ0n) is 11.6. The van der Waals surface area contributed by atoms with Crippen molar-refractivity contribution in [2.75, 3.05) is 13.1 Å². The molecular formula is C14H21NO3S. The van der Waals surface area contributed by atoms with Crippen molar-refractivity contribution < 1.29 is 13.5 Å². The van der Waals surface area contributed by atoms with Gasteiger partial charge in [-0.2, -0.15) is 4.31 Å². The predicted molar refractivity (Wildman–Crippen MR) is 74.3 cm³/mol. The Hall–Kier alpha value is -0.910. The highest BCUT2D eigenvalue weighted by Gasteiger charge is 2.37. The van der Waals surface area contributed by atoms with E-state index in [2.05, 4.69) is 0 Å². The molecule has 1 heterocycles. The second-order valence-electron chi connectivity index (χ2n) is 6.13. The van der Waals surface area contributed by atoms with Crippen LogP contribution in [0.15, 0.2) is 29.2 Å². The Bertz CT molecular complexity index is 549. The monoisotopic (exact) mass is 283 g/mol. The van der Waals surface area contributed by atoms with Crippen LogP contribution in [0.4, 0.5) is 0 Å². The lowest BCUT2D eigenvalue weighted by molar-refractivity contribution is 0.0421. The average molecular weight is 283 g/mol. The van der Waals surface area contributed by atoms with Crippen molar-refractivity contribution >= 4 is 10.0 Å². The molecule has 0 spiro atoms. The first-order valence-corrected chi connectivity index (χ1v) is 7.90. The molecule has 0 aliphatic carbocycles. The third kappa shape index (κ3) is 3.16. The fourth-order valence-corrected chi connectivity index (χ4v) is 4.25. The zero-order valence-corrected chi connectivity index (χ0v) is 12.4. The molecule has 2 rings (SSSR count). The molecule has 1 atom stereocenters. The predicted octanol–water partition coefficient (Wildman–Crippen LogP) is 1.78. The number of aliphatic hydroxyl groups is 1. The summed E-state index contributed by atoms with van der Waals surface area (Å²) in [4.78, 5) is 0.294. The minimum absolute atomic E-state index is 0.180. The number of aryl methyl sites for hydroxylation is 1. The number of benzene rings is 1. The van der Waals surface area contributed by atoms with Crippen molar-refractivity contribution in [3.05, 3.63) is 29.8 Å². The summed E-state index contributed by atoms with van der Waals surface area (Å²) in [5, 5.41) is 9.86. The van der Waals surface area contributed by atoms with Crippen molar-refractivity contribution in [3.8, 4) is 0 Å². The van der Waals surface area contributed by atoms with Crippen molar-refractivity contribution in [2.24, 2.45) is 5.41 Å². The first-order valence-electron chi connectivity index (χ1n) is 6.46. The molecule has 1 aromatic carbocycles. The molecule has 0 amide bonds. The van der Waals surface area contributed by atoms with Gasteiger partial charge in [0.25, 0.3) is 0 Å². The Labute approximate surface area is 115 Å². The van der Waals surface area contributed by atoms with Crippen LogP contribution in [0.2, 0.25) is 0 Å². The highest BCUT2D eigenvalue weighted by atomic mass is 32.2. The van der Waals surface area contributed by atoms with Crippen LogP contribution < -0.4 is 0 Å². The molecule has 0 bridgehead atoms. The summed E-state index contributed by atoms with van der Waals surface area (Å²) >= 11 is 0. The largest absolute Gasteiger partial charge is 0.392 e. The van der Waals surface area contributed by atoms with Gasteiger partial charge in [-0.15, -0.1) is 0 Å². The Morgan fingerprint density at radius 1 is 1.26 bits per heavy atom. The molecule has 1 saturated heterocycles. The molecule has 0 saturated carbocycles. The number of sulfonamides is 1. The fraction of sp³-hybridized carbons (Fsp3) is 0.571. The number of rotatable bonds is 2. The number of aliphatic hydroxyl groups excluding tert-OH is 1. The van der Waals surface area contributed by atoms with Gasteiger partial charge in [-0.1, -0.05) is 31.5 Å². The van der Waals surface area contributed by atoms with Crippen LogP contribution >= 0.6 is 0 Å². The molecule has 19 heavy (non-hydrogen) atoms. The van der Waals surface area contributed by atoms with Crippen LogP contribution in [0.5, 0.6) is 0 Å².